The molecule has 6 heteroatoms. The Morgan fingerprint density at radius 1 is 1.29 bits per heavy atom. The van der Waals surface area contributed by atoms with Crippen molar-refractivity contribution in [2.24, 2.45) is 5.92 Å². The monoisotopic (exact) mass is 328 g/mol. The van der Waals surface area contributed by atoms with Gasteiger partial charge in [-0.15, -0.1) is 0 Å². The number of carbonyl (C=O) groups is 1. The van der Waals surface area contributed by atoms with E-state index in [1.54, 1.807) is 6.92 Å². The average Bonchev–Trinajstić information content (AvgIpc) is 2.94. The van der Waals surface area contributed by atoms with Gasteiger partial charge in [-0.2, -0.15) is 4.98 Å². The highest BCUT2D eigenvalue weighted by Crippen LogP contribution is 2.34. The Hall–Kier alpha value is -2.11. The van der Waals surface area contributed by atoms with Crippen LogP contribution < -0.4 is 0 Å². The molecule has 0 radical (unpaired) electrons. The predicted octanol–water partition coefficient (Wildman–Crippen LogP) is 3.18. The first-order valence-electron chi connectivity index (χ1n) is 8.82. The molecule has 1 amide bonds. The molecule has 1 saturated carbocycles. The number of likely N-dealkylation sites (tertiary alicyclic amines) is 1. The number of amides is 1. The Bertz CT molecular complexity index is 772. The molecule has 24 heavy (non-hydrogen) atoms. The van der Waals surface area contributed by atoms with Crippen molar-refractivity contribution in [1.82, 2.24) is 19.6 Å². The summed E-state index contributed by atoms with van der Waals surface area (Å²) in [5.41, 5.74) is 3.08. The predicted molar refractivity (Wildman–Crippen MR) is 88.7 cm³/mol. The lowest BCUT2D eigenvalue weighted by molar-refractivity contribution is 0.0727. The quantitative estimate of drug-likeness (QED) is 0.864. The highest BCUT2D eigenvalue weighted by Gasteiger charge is 2.35. The van der Waals surface area contributed by atoms with E-state index in [0.29, 0.717) is 11.7 Å². The molecular weight excluding hydrogens is 304 g/mol. The molecule has 0 bridgehead atoms. The topological polar surface area (TPSA) is 64.2 Å². The zero-order chi connectivity index (χ0) is 16.8. The standard InChI is InChI=1S/C18H24N4O2/c1-11-9-15(12(2)22(11)10-14-6-7-14)18(23)21-8-4-5-16(21)17-19-13(3)24-20-17/h9,14,16H,4-8,10H2,1-3H3. The number of rotatable bonds is 4. The molecule has 2 aliphatic rings. The second-order valence-electron chi connectivity index (χ2n) is 7.17. The molecule has 1 unspecified atom stereocenters. The first kappa shape index (κ1) is 15.4. The Labute approximate surface area is 141 Å². The molecule has 1 atom stereocenters. The average molecular weight is 328 g/mol. The van der Waals surface area contributed by atoms with Crippen LogP contribution in [0.3, 0.4) is 0 Å². The third-order valence-corrected chi connectivity index (χ3v) is 5.30. The van der Waals surface area contributed by atoms with Crippen molar-refractivity contribution in [2.75, 3.05) is 6.54 Å². The highest BCUT2D eigenvalue weighted by molar-refractivity contribution is 5.96. The minimum Gasteiger partial charge on any atom is -0.348 e. The summed E-state index contributed by atoms with van der Waals surface area (Å²) in [6.07, 6.45) is 4.49. The van der Waals surface area contributed by atoms with Crippen LogP contribution in [0, 0.1) is 26.7 Å². The fraction of sp³-hybridized carbons (Fsp3) is 0.611. The second kappa shape index (κ2) is 5.76. The minimum absolute atomic E-state index is 0.0681. The number of aryl methyl sites for hydroxylation is 2. The van der Waals surface area contributed by atoms with Gasteiger partial charge in [-0.25, -0.2) is 0 Å². The van der Waals surface area contributed by atoms with Crippen LogP contribution in [0.5, 0.6) is 0 Å². The number of hydrogen-bond acceptors (Lipinski definition) is 4. The largest absolute Gasteiger partial charge is 0.348 e. The molecule has 0 aromatic carbocycles. The third kappa shape index (κ3) is 2.64. The van der Waals surface area contributed by atoms with Crippen LogP contribution in [0.1, 0.15) is 65.2 Å². The Morgan fingerprint density at radius 2 is 2.08 bits per heavy atom. The van der Waals surface area contributed by atoms with E-state index in [1.807, 2.05) is 11.0 Å². The van der Waals surface area contributed by atoms with Gasteiger partial charge < -0.3 is 14.0 Å². The zero-order valence-electron chi connectivity index (χ0n) is 14.6. The van der Waals surface area contributed by atoms with Crippen molar-refractivity contribution in [2.45, 2.75) is 59.0 Å². The first-order chi connectivity index (χ1) is 11.5. The summed E-state index contributed by atoms with van der Waals surface area (Å²) in [6.45, 7) is 7.73. The molecule has 6 nitrogen and oxygen atoms in total. The van der Waals surface area contributed by atoms with Crippen molar-refractivity contribution < 1.29 is 9.32 Å². The summed E-state index contributed by atoms with van der Waals surface area (Å²) in [5.74, 6) is 2.06. The van der Waals surface area contributed by atoms with E-state index in [-0.39, 0.29) is 11.9 Å². The van der Waals surface area contributed by atoms with E-state index in [4.69, 9.17) is 4.52 Å². The van der Waals surface area contributed by atoms with Gasteiger partial charge in [0.2, 0.25) is 5.89 Å². The van der Waals surface area contributed by atoms with Crippen molar-refractivity contribution >= 4 is 5.91 Å². The molecule has 2 fully saturated rings. The second-order valence-corrected chi connectivity index (χ2v) is 7.17. The first-order valence-corrected chi connectivity index (χ1v) is 8.82. The lowest BCUT2D eigenvalue weighted by Crippen LogP contribution is -2.31. The highest BCUT2D eigenvalue weighted by atomic mass is 16.5. The Kier molecular flexibility index (Phi) is 3.70. The van der Waals surface area contributed by atoms with E-state index in [0.717, 1.165) is 43.1 Å². The van der Waals surface area contributed by atoms with Crippen LogP contribution >= 0.6 is 0 Å². The summed E-state index contributed by atoms with van der Waals surface area (Å²) in [4.78, 5) is 19.4. The molecule has 0 N–H and O–H groups in total. The van der Waals surface area contributed by atoms with Gasteiger partial charge in [0.15, 0.2) is 5.82 Å². The van der Waals surface area contributed by atoms with E-state index < -0.39 is 0 Å². The fourth-order valence-corrected chi connectivity index (χ4v) is 3.74. The van der Waals surface area contributed by atoms with Crippen LogP contribution in [-0.2, 0) is 6.54 Å². The van der Waals surface area contributed by atoms with Gasteiger partial charge in [-0.1, -0.05) is 5.16 Å². The van der Waals surface area contributed by atoms with Crippen LogP contribution in [0.15, 0.2) is 10.6 Å². The summed E-state index contributed by atoms with van der Waals surface area (Å²) >= 11 is 0. The van der Waals surface area contributed by atoms with Crippen LogP contribution in [0.25, 0.3) is 0 Å². The summed E-state index contributed by atoms with van der Waals surface area (Å²) in [6, 6.07) is 1.97. The van der Waals surface area contributed by atoms with Gasteiger partial charge in [0, 0.05) is 31.4 Å². The lowest BCUT2D eigenvalue weighted by atomic mass is 10.1. The molecule has 1 saturated heterocycles. The molecular formula is C18H24N4O2. The number of aromatic nitrogens is 3. The van der Waals surface area contributed by atoms with Gasteiger partial charge in [-0.05, 0) is 51.5 Å². The molecule has 0 spiro atoms. The molecule has 3 heterocycles. The van der Waals surface area contributed by atoms with E-state index >= 15 is 0 Å². The molecule has 4 rings (SSSR count). The lowest BCUT2D eigenvalue weighted by Gasteiger charge is -2.22. The summed E-state index contributed by atoms with van der Waals surface area (Å²) < 4.78 is 7.41. The molecule has 2 aromatic rings. The maximum absolute atomic E-state index is 13.2. The summed E-state index contributed by atoms with van der Waals surface area (Å²) in [5, 5.41) is 4.03. The zero-order valence-corrected chi connectivity index (χ0v) is 14.6. The number of hydrogen-bond donors (Lipinski definition) is 0. The number of carbonyl (C=O) groups excluding carboxylic acids is 1. The van der Waals surface area contributed by atoms with Gasteiger partial charge in [0.1, 0.15) is 0 Å². The molecule has 128 valence electrons. The van der Waals surface area contributed by atoms with Crippen molar-refractivity contribution in [3.05, 3.63) is 34.7 Å². The maximum Gasteiger partial charge on any atom is 0.256 e. The van der Waals surface area contributed by atoms with Crippen molar-refractivity contribution in [3.8, 4) is 0 Å². The van der Waals surface area contributed by atoms with Crippen LogP contribution in [0.2, 0.25) is 0 Å². The van der Waals surface area contributed by atoms with Crippen LogP contribution in [0.4, 0.5) is 0 Å². The van der Waals surface area contributed by atoms with Gasteiger partial charge in [0.25, 0.3) is 5.91 Å². The Morgan fingerprint density at radius 3 is 2.75 bits per heavy atom. The maximum atomic E-state index is 13.2. The minimum atomic E-state index is -0.0681. The van der Waals surface area contributed by atoms with Crippen molar-refractivity contribution in [1.29, 1.82) is 0 Å². The van der Waals surface area contributed by atoms with E-state index in [2.05, 4.69) is 28.6 Å². The third-order valence-electron chi connectivity index (χ3n) is 5.30. The summed E-state index contributed by atoms with van der Waals surface area (Å²) in [7, 11) is 0. The molecule has 1 aliphatic heterocycles. The van der Waals surface area contributed by atoms with Gasteiger partial charge >= 0.3 is 0 Å². The van der Waals surface area contributed by atoms with Gasteiger partial charge in [0.05, 0.1) is 11.6 Å². The van der Waals surface area contributed by atoms with Gasteiger partial charge in [-0.3, -0.25) is 4.79 Å². The van der Waals surface area contributed by atoms with E-state index in [9.17, 15) is 4.79 Å². The Balaban J connectivity index is 1.60. The normalized spacial score (nSPS) is 20.8. The smallest absolute Gasteiger partial charge is 0.256 e. The molecule has 2 aromatic heterocycles. The van der Waals surface area contributed by atoms with E-state index in [1.165, 1.54) is 18.5 Å². The number of nitrogens with zero attached hydrogens (tertiary/aromatic N) is 4. The fourth-order valence-electron chi connectivity index (χ4n) is 3.74. The van der Waals surface area contributed by atoms with Crippen molar-refractivity contribution in [3.63, 3.8) is 0 Å². The SMILES string of the molecule is Cc1nc(C2CCCN2C(=O)c2cc(C)n(CC3CC3)c2C)no1. The molecule has 1 aliphatic carbocycles. The van der Waals surface area contributed by atoms with Crippen LogP contribution in [-0.4, -0.2) is 32.1 Å².